The molecule has 0 aliphatic carbocycles. The molecule has 36 heavy (non-hydrogen) atoms. The molecule has 0 spiro atoms. The molecular formula is C28H35N7O. The molecule has 8 nitrogen and oxygen atoms in total. The number of nitrogens with two attached hydrogens (primary N) is 1. The minimum absolute atomic E-state index is 0.0158. The molecule has 0 saturated carbocycles. The van der Waals surface area contributed by atoms with Gasteiger partial charge in [0.2, 0.25) is 5.95 Å². The highest BCUT2D eigenvalue weighted by Crippen LogP contribution is 2.36. The van der Waals surface area contributed by atoms with Crippen LogP contribution in [0.4, 0.5) is 17.3 Å². The average molecular weight is 486 g/mol. The maximum atomic E-state index is 13.1. The molecule has 4 N–H and O–H groups in total. The molecule has 2 aromatic carbocycles. The number of likely N-dealkylation sites (tertiary alicyclic amines) is 1. The van der Waals surface area contributed by atoms with E-state index in [4.69, 9.17) is 10.8 Å². The molecule has 1 fully saturated rings. The van der Waals surface area contributed by atoms with Crippen LogP contribution in [0.3, 0.4) is 0 Å². The average Bonchev–Trinajstić information content (AvgIpc) is 3.28. The number of nitrogens with zero attached hydrogens (tertiary/aromatic N) is 4. The number of rotatable bonds is 5. The third kappa shape index (κ3) is 4.79. The third-order valence-electron chi connectivity index (χ3n) is 7.65. The zero-order chi connectivity index (χ0) is 25.4. The predicted octanol–water partition coefficient (Wildman–Crippen LogP) is 4.44. The van der Waals surface area contributed by atoms with Gasteiger partial charge in [-0.25, -0.2) is 9.97 Å². The summed E-state index contributed by atoms with van der Waals surface area (Å²) in [5, 5.41) is 3.37. The summed E-state index contributed by atoms with van der Waals surface area (Å²) < 4.78 is 0. The Morgan fingerprint density at radius 1 is 1.03 bits per heavy atom. The summed E-state index contributed by atoms with van der Waals surface area (Å²) in [6.07, 6.45) is 3.81. The predicted molar refractivity (Wildman–Crippen MR) is 143 cm³/mol. The van der Waals surface area contributed by atoms with E-state index in [1.807, 2.05) is 36.2 Å². The van der Waals surface area contributed by atoms with Crippen LogP contribution in [0.25, 0.3) is 0 Å². The molecule has 2 aliphatic rings. The Balaban J connectivity index is 1.22. The minimum atomic E-state index is 0.0158. The van der Waals surface area contributed by atoms with Crippen LogP contribution >= 0.6 is 0 Å². The van der Waals surface area contributed by atoms with Crippen molar-refractivity contribution in [3.05, 3.63) is 76.1 Å². The fourth-order valence-electron chi connectivity index (χ4n) is 5.42. The molecule has 0 radical (unpaired) electrons. The highest BCUT2D eigenvalue weighted by Gasteiger charge is 2.40. The molecule has 0 unspecified atom stereocenters. The van der Waals surface area contributed by atoms with Crippen LogP contribution in [0.5, 0.6) is 0 Å². The van der Waals surface area contributed by atoms with E-state index >= 15 is 0 Å². The summed E-state index contributed by atoms with van der Waals surface area (Å²) in [5.74, 6) is 6.25. The van der Waals surface area contributed by atoms with Crippen molar-refractivity contribution >= 4 is 23.2 Å². The van der Waals surface area contributed by atoms with Gasteiger partial charge in [-0.2, -0.15) is 0 Å². The van der Waals surface area contributed by atoms with Crippen LogP contribution in [-0.2, 0) is 13.1 Å². The van der Waals surface area contributed by atoms with E-state index < -0.39 is 0 Å². The first-order chi connectivity index (χ1) is 17.2. The van der Waals surface area contributed by atoms with Gasteiger partial charge in [0, 0.05) is 54.7 Å². The van der Waals surface area contributed by atoms with Gasteiger partial charge < -0.3 is 15.6 Å². The quantitative estimate of drug-likeness (QED) is 0.363. The second-order valence-electron chi connectivity index (χ2n) is 10.5. The van der Waals surface area contributed by atoms with Crippen molar-refractivity contribution in [2.45, 2.75) is 59.2 Å². The summed E-state index contributed by atoms with van der Waals surface area (Å²) in [6, 6.07) is 12.0. The lowest BCUT2D eigenvalue weighted by Crippen LogP contribution is -2.52. The van der Waals surface area contributed by atoms with E-state index in [2.05, 4.69) is 59.6 Å². The number of nitrogen functional groups attached to an aromatic ring is 1. The zero-order valence-corrected chi connectivity index (χ0v) is 21.6. The molecule has 1 amide bonds. The first-order valence-corrected chi connectivity index (χ1v) is 12.6. The number of fused-ring (bicyclic) bond motifs is 1. The summed E-state index contributed by atoms with van der Waals surface area (Å²) in [7, 11) is 0. The number of hydrazine groups is 1. The van der Waals surface area contributed by atoms with Gasteiger partial charge in [-0.15, -0.1) is 0 Å². The van der Waals surface area contributed by atoms with Crippen LogP contribution in [0.2, 0.25) is 0 Å². The number of nitrogens with one attached hydrogen (secondary N) is 2. The first kappa shape index (κ1) is 24.2. The Hall–Kier alpha value is -3.49. The monoisotopic (exact) mass is 485 g/mol. The van der Waals surface area contributed by atoms with E-state index in [1.165, 1.54) is 16.7 Å². The topological polar surface area (TPSA) is 99.4 Å². The lowest BCUT2D eigenvalue weighted by molar-refractivity contribution is 0.0272. The summed E-state index contributed by atoms with van der Waals surface area (Å²) >= 11 is 0. The number of carbonyl (C=O) groups excluding carboxylic acids is 1. The zero-order valence-electron chi connectivity index (χ0n) is 21.6. The number of hydrogen-bond acceptors (Lipinski definition) is 7. The number of aromatic nitrogens is 2. The van der Waals surface area contributed by atoms with Crippen LogP contribution < -0.4 is 16.6 Å². The number of piperidine rings is 1. The molecule has 0 atom stereocenters. The van der Waals surface area contributed by atoms with Crippen molar-refractivity contribution in [2.24, 2.45) is 5.84 Å². The molecule has 3 heterocycles. The standard InChI is InChI=1S/C28H35N7O/c1-18-11-19(2)13-23(12-18)31-27-30-15-22-16-35(17-25(22)32-27)28(4)7-9-34(10-8-28)26(36)21-5-6-24(33-29)20(3)14-21/h5-6,11-15,33H,7-10,16-17,29H2,1-4H3,(H,30,31,32). The van der Waals surface area contributed by atoms with Crippen molar-refractivity contribution in [2.75, 3.05) is 23.8 Å². The Morgan fingerprint density at radius 3 is 2.42 bits per heavy atom. The molecule has 2 aliphatic heterocycles. The maximum absolute atomic E-state index is 13.1. The van der Waals surface area contributed by atoms with Gasteiger partial charge in [0.15, 0.2) is 0 Å². The second-order valence-corrected chi connectivity index (χ2v) is 10.5. The normalized spacial score (nSPS) is 17.1. The third-order valence-corrected chi connectivity index (χ3v) is 7.65. The van der Waals surface area contributed by atoms with Crippen LogP contribution in [0.1, 0.15) is 58.1 Å². The van der Waals surface area contributed by atoms with Crippen LogP contribution in [-0.4, -0.2) is 44.3 Å². The molecular weight excluding hydrogens is 450 g/mol. The molecule has 188 valence electrons. The number of anilines is 3. The fourth-order valence-corrected chi connectivity index (χ4v) is 5.42. The van der Waals surface area contributed by atoms with E-state index in [0.717, 1.165) is 61.7 Å². The second kappa shape index (κ2) is 9.52. The Morgan fingerprint density at radius 2 is 1.75 bits per heavy atom. The first-order valence-electron chi connectivity index (χ1n) is 12.6. The summed E-state index contributed by atoms with van der Waals surface area (Å²) in [4.78, 5) is 27.0. The van der Waals surface area contributed by atoms with E-state index in [0.29, 0.717) is 11.5 Å². The van der Waals surface area contributed by atoms with Crippen molar-refractivity contribution in [3.8, 4) is 0 Å². The molecule has 1 aromatic heterocycles. The number of aryl methyl sites for hydroxylation is 3. The Kier molecular flexibility index (Phi) is 6.40. The maximum Gasteiger partial charge on any atom is 0.253 e. The van der Waals surface area contributed by atoms with E-state index in [-0.39, 0.29) is 11.4 Å². The number of hydrogen-bond donors (Lipinski definition) is 3. The highest BCUT2D eigenvalue weighted by molar-refractivity contribution is 5.95. The van der Waals surface area contributed by atoms with Gasteiger partial charge in [-0.3, -0.25) is 15.5 Å². The fraction of sp³-hybridized carbons (Fsp3) is 0.393. The van der Waals surface area contributed by atoms with Crippen molar-refractivity contribution < 1.29 is 4.79 Å². The molecule has 5 rings (SSSR count). The number of benzene rings is 2. The molecule has 1 saturated heterocycles. The van der Waals surface area contributed by atoms with Gasteiger partial charge in [0.1, 0.15) is 0 Å². The summed E-state index contributed by atoms with van der Waals surface area (Å²) in [5.41, 5.74) is 10.9. The number of amides is 1. The highest BCUT2D eigenvalue weighted by atomic mass is 16.2. The van der Waals surface area contributed by atoms with E-state index in [9.17, 15) is 4.79 Å². The minimum Gasteiger partial charge on any atom is -0.339 e. The van der Waals surface area contributed by atoms with Crippen molar-refractivity contribution in [1.82, 2.24) is 19.8 Å². The molecule has 3 aromatic rings. The molecule has 0 bridgehead atoms. The van der Waals surface area contributed by atoms with Crippen molar-refractivity contribution in [1.29, 1.82) is 0 Å². The van der Waals surface area contributed by atoms with Gasteiger partial charge in [-0.05, 0) is 87.6 Å². The van der Waals surface area contributed by atoms with Gasteiger partial charge in [0.05, 0.1) is 11.4 Å². The smallest absolute Gasteiger partial charge is 0.253 e. The van der Waals surface area contributed by atoms with Crippen LogP contribution in [0, 0.1) is 20.8 Å². The van der Waals surface area contributed by atoms with Gasteiger partial charge in [0.25, 0.3) is 5.91 Å². The largest absolute Gasteiger partial charge is 0.339 e. The lowest BCUT2D eigenvalue weighted by Gasteiger charge is -2.45. The SMILES string of the molecule is Cc1cc(C)cc(Nc2ncc3c(n2)CN(C2(C)CCN(C(=O)c4ccc(NN)c(C)c4)CC2)C3)c1. The number of carbonyl (C=O) groups is 1. The van der Waals surface area contributed by atoms with E-state index in [1.54, 1.807) is 0 Å². The Labute approximate surface area is 212 Å². The molecule has 8 heteroatoms. The van der Waals surface area contributed by atoms with Gasteiger partial charge in [-0.1, -0.05) is 6.07 Å². The van der Waals surface area contributed by atoms with Gasteiger partial charge >= 0.3 is 0 Å². The summed E-state index contributed by atoms with van der Waals surface area (Å²) in [6.45, 7) is 11.6. The van der Waals surface area contributed by atoms with Crippen molar-refractivity contribution in [3.63, 3.8) is 0 Å². The van der Waals surface area contributed by atoms with Crippen LogP contribution in [0.15, 0.2) is 42.6 Å². The Bertz CT molecular complexity index is 1280. The lowest BCUT2D eigenvalue weighted by atomic mass is 9.87.